The fourth-order valence-corrected chi connectivity index (χ4v) is 2.80. The van der Waals surface area contributed by atoms with E-state index in [1.807, 2.05) is 31.2 Å². The number of benzene rings is 1. The van der Waals surface area contributed by atoms with Crippen LogP contribution in [0.3, 0.4) is 0 Å². The molecular formula is C17H19N3O3. The van der Waals surface area contributed by atoms with E-state index in [-0.39, 0.29) is 18.5 Å². The van der Waals surface area contributed by atoms with Gasteiger partial charge in [-0.05, 0) is 39.8 Å². The molecule has 1 fully saturated rings. The van der Waals surface area contributed by atoms with Crippen molar-refractivity contribution in [2.75, 3.05) is 4.90 Å². The summed E-state index contributed by atoms with van der Waals surface area (Å²) in [4.78, 5) is 28.1. The van der Waals surface area contributed by atoms with Crippen molar-refractivity contribution in [1.29, 1.82) is 0 Å². The van der Waals surface area contributed by atoms with Gasteiger partial charge in [-0.1, -0.05) is 22.9 Å². The number of amides is 3. The number of aromatic nitrogens is 1. The van der Waals surface area contributed by atoms with Gasteiger partial charge in [0, 0.05) is 11.3 Å². The quantitative estimate of drug-likeness (QED) is 0.817. The van der Waals surface area contributed by atoms with E-state index in [9.17, 15) is 9.59 Å². The lowest BCUT2D eigenvalue weighted by molar-refractivity contribution is -0.127. The van der Waals surface area contributed by atoms with Crippen LogP contribution >= 0.6 is 0 Å². The number of nitrogens with zero attached hydrogens (tertiary/aromatic N) is 3. The van der Waals surface area contributed by atoms with Gasteiger partial charge in [-0.25, -0.2) is 4.79 Å². The topological polar surface area (TPSA) is 66.7 Å². The number of rotatable bonds is 3. The highest BCUT2D eigenvalue weighted by molar-refractivity contribution is 6.14. The maximum Gasteiger partial charge on any atom is 0.332 e. The average Bonchev–Trinajstić information content (AvgIpc) is 2.94. The van der Waals surface area contributed by atoms with Gasteiger partial charge in [-0.3, -0.25) is 14.6 Å². The molecule has 1 aliphatic rings. The van der Waals surface area contributed by atoms with E-state index in [1.54, 1.807) is 20.8 Å². The predicted octanol–water partition coefficient (Wildman–Crippen LogP) is 2.96. The minimum absolute atomic E-state index is 0.186. The van der Waals surface area contributed by atoms with Crippen molar-refractivity contribution < 1.29 is 14.1 Å². The number of carbonyl (C=O) groups excluding carboxylic acids is 2. The molecule has 3 amide bonds. The molecule has 0 unspecified atom stereocenters. The molecule has 1 aromatic carbocycles. The second-order valence-corrected chi connectivity index (χ2v) is 5.89. The molecular weight excluding hydrogens is 294 g/mol. The van der Waals surface area contributed by atoms with Crippen molar-refractivity contribution in [1.82, 2.24) is 10.1 Å². The van der Waals surface area contributed by atoms with Crippen LogP contribution in [0.4, 0.5) is 10.5 Å². The molecule has 1 atom stereocenters. The normalized spacial score (nSPS) is 18.2. The van der Waals surface area contributed by atoms with Crippen molar-refractivity contribution in [3.05, 3.63) is 46.8 Å². The van der Waals surface area contributed by atoms with Gasteiger partial charge in [0.2, 0.25) is 0 Å². The molecule has 3 rings (SSSR count). The highest BCUT2D eigenvalue weighted by atomic mass is 16.5. The Hall–Kier alpha value is -2.63. The van der Waals surface area contributed by atoms with Crippen molar-refractivity contribution in [2.45, 2.75) is 40.3 Å². The van der Waals surface area contributed by atoms with Gasteiger partial charge in [-0.15, -0.1) is 0 Å². The number of urea groups is 1. The second-order valence-electron chi connectivity index (χ2n) is 5.89. The summed E-state index contributed by atoms with van der Waals surface area (Å²) in [6, 6.07) is 6.73. The van der Waals surface area contributed by atoms with Gasteiger partial charge in [0.1, 0.15) is 11.8 Å². The summed E-state index contributed by atoms with van der Waals surface area (Å²) >= 11 is 0. The molecule has 6 heteroatoms. The standard InChI is InChI=1S/C17H19N3O3/c1-10-5-7-14(8-6-10)20-12(3)16(21)19(17(20)22)9-15-11(2)18-23-13(15)4/h5-8,12H,9H2,1-4H3/t12-/m0/s1. The summed E-state index contributed by atoms with van der Waals surface area (Å²) in [5, 5.41) is 3.88. The molecule has 1 aromatic heterocycles. The minimum atomic E-state index is -0.523. The van der Waals surface area contributed by atoms with Gasteiger partial charge in [0.25, 0.3) is 5.91 Å². The zero-order valence-corrected chi connectivity index (χ0v) is 13.7. The number of aryl methyl sites for hydroxylation is 3. The van der Waals surface area contributed by atoms with Gasteiger partial charge in [-0.2, -0.15) is 0 Å². The molecule has 0 aliphatic carbocycles. The number of hydrogen-bond acceptors (Lipinski definition) is 4. The summed E-state index contributed by atoms with van der Waals surface area (Å²) in [6.07, 6.45) is 0. The molecule has 120 valence electrons. The van der Waals surface area contributed by atoms with Crippen molar-refractivity contribution in [3.63, 3.8) is 0 Å². The molecule has 23 heavy (non-hydrogen) atoms. The van der Waals surface area contributed by atoms with E-state index in [0.717, 1.165) is 16.8 Å². The van der Waals surface area contributed by atoms with Crippen molar-refractivity contribution in [2.24, 2.45) is 0 Å². The van der Waals surface area contributed by atoms with Crippen molar-refractivity contribution in [3.8, 4) is 0 Å². The fourth-order valence-electron chi connectivity index (χ4n) is 2.80. The van der Waals surface area contributed by atoms with Crippen LogP contribution in [0.1, 0.15) is 29.5 Å². The van der Waals surface area contributed by atoms with Crippen LogP contribution in [0.15, 0.2) is 28.8 Å². The summed E-state index contributed by atoms with van der Waals surface area (Å²) in [5.74, 6) is 0.417. The average molecular weight is 313 g/mol. The maximum atomic E-state index is 12.7. The van der Waals surface area contributed by atoms with Crippen LogP contribution in [0, 0.1) is 20.8 Å². The Labute approximate surface area is 134 Å². The summed E-state index contributed by atoms with van der Waals surface area (Å²) < 4.78 is 5.11. The zero-order valence-electron chi connectivity index (χ0n) is 13.7. The molecule has 2 aromatic rings. The Balaban J connectivity index is 1.90. The van der Waals surface area contributed by atoms with Gasteiger partial charge < -0.3 is 4.52 Å². The maximum absolute atomic E-state index is 12.7. The Morgan fingerprint density at radius 1 is 1.13 bits per heavy atom. The molecule has 0 radical (unpaired) electrons. The first kappa shape index (κ1) is 15.3. The van der Waals surface area contributed by atoms with E-state index in [0.29, 0.717) is 11.5 Å². The fraction of sp³-hybridized carbons (Fsp3) is 0.353. The monoisotopic (exact) mass is 313 g/mol. The largest absolute Gasteiger partial charge is 0.361 e. The predicted molar refractivity (Wildman–Crippen MR) is 85.0 cm³/mol. The zero-order chi connectivity index (χ0) is 16.7. The van der Waals surface area contributed by atoms with Crippen LogP contribution in [0.5, 0.6) is 0 Å². The van der Waals surface area contributed by atoms with Gasteiger partial charge in [0.15, 0.2) is 0 Å². The number of anilines is 1. The first-order valence-corrected chi connectivity index (χ1v) is 7.53. The Morgan fingerprint density at radius 2 is 1.78 bits per heavy atom. The smallest absolute Gasteiger partial charge is 0.332 e. The Morgan fingerprint density at radius 3 is 2.35 bits per heavy atom. The van der Waals surface area contributed by atoms with E-state index >= 15 is 0 Å². The molecule has 0 bridgehead atoms. The molecule has 0 spiro atoms. The first-order valence-electron chi connectivity index (χ1n) is 7.53. The summed E-state index contributed by atoms with van der Waals surface area (Å²) in [5.41, 5.74) is 3.31. The van der Waals surface area contributed by atoms with Crippen LogP contribution in [-0.2, 0) is 11.3 Å². The molecule has 1 aliphatic heterocycles. The summed E-state index contributed by atoms with van der Waals surface area (Å²) in [7, 11) is 0. The lowest BCUT2D eigenvalue weighted by Gasteiger charge is -2.19. The third kappa shape index (κ3) is 2.50. The minimum Gasteiger partial charge on any atom is -0.361 e. The number of hydrogen-bond donors (Lipinski definition) is 0. The molecule has 0 saturated carbocycles. The third-order valence-electron chi connectivity index (χ3n) is 4.26. The van der Waals surface area contributed by atoms with Gasteiger partial charge >= 0.3 is 6.03 Å². The van der Waals surface area contributed by atoms with E-state index in [2.05, 4.69) is 5.16 Å². The highest BCUT2D eigenvalue weighted by Crippen LogP contribution is 2.28. The molecule has 6 nitrogen and oxygen atoms in total. The van der Waals surface area contributed by atoms with Crippen molar-refractivity contribution >= 4 is 17.6 Å². The molecule has 1 saturated heterocycles. The Bertz CT molecular complexity index is 744. The van der Waals surface area contributed by atoms with E-state index in [4.69, 9.17) is 4.52 Å². The third-order valence-corrected chi connectivity index (χ3v) is 4.26. The lowest BCUT2D eigenvalue weighted by atomic mass is 10.2. The van der Waals surface area contributed by atoms with Crippen LogP contribution in [-0.4, -0.2) is 28.0 Å². The first-order chi connectivity index (χ1) is 10.9. The van der Waals surface area contributed by atoms with E-state index < -0.39 is 6.04 Å². The van der Waals surface area contributed by atoms with E-state index in [1.165, 1.54) is 9.80 Å². The van der Waals surface area contributed by atoms with Gasteiger partial charge in [0.05, 0.1) is 12.2 Å². The van der Waals surface area contributed by atoms with Crippen LogP contribution in [0.25, 0.3) is 0 Å². The lowest BCUT2D eigenvalue weighted by Crippen LogP contribution is -2.33. The Kier molecular flexibility index (Phi) is 3.67. The molecule has 0 N–H and O–H groups in total. The highest BCUT2D eigenvalue weighted by Gasteiger charge is 2.43. The number of imide groups is 1. The number of carbonyl (C=O) groups is 2. The SMILES string of the molecule is Cc1ccc(N2C(=O)N(Cc3c(C)noc3C)C(=O)[C@@H]2C)cc1. The summed E-state index contributed by atoms with van der Waals surface area (Å²) in [6.45, 7) is 7.49. The molecule has 2 heterocycles. The van der Waals surface area contributed by atoms with Crippen LogP contribution < -0.4 is 4.90 Å². The second kappa shape index (κ2) is 5.53. The van der Waals surface area contributed by atoms with Crippen LogP contribution in [0.2, 0.25) is 0 Å².